The summed E-state index contributed by atoms with van der Waals surface area (Å²) in [6.45, 7) is 1.84. The number of benzene rings is 4. The van der Waals surface area contributed by atoms with Crippen molar-refractivity contribution in [3.63, 3.8) is 0 Å². The third kappa shape index (κ3) is 12.4. The first kappa shape index (κ1) is 44.8. The molecule has 17 nitrogen and oxygen atoms in total. The van der Waals surface area contributed by atoms with Gasteiger partial charge < -0.3 is 53.2 Å². The number of fused-ring (bicyclic) bond motifs is 3. The fourth-order valence-corrected chi connectivity index (χ4v) is 6.79. The summed E-state index contributed by atoms with van der Waals surface area (Å²) in [6.07, 6.45) is -0.755. The summed E-state index contributed by atoms with van der Waals surface area (Å²) in [5, 5.41) is 24.7. The van der Waals surface area contributed by atoms with Crippen LogP contribution in [-0.2, 0) is 46.3 Å². The summed E-state index contributed by atoms with van der Waals surface area (Å²) >= 11 is 0. The topological polar surface area (TPSA) is 273 Å². The van der Waals surface area contributed by atoms with Gasteiger partial charge in [-0.25, -0.2) is 4.79 Å². The number of carbonyl (C=O) groups excluding carboxylic acids is 7. The van der Waals surface area contributed by atoms with Crippen LogP contribution in [-0.4, -0.2) is 96.5 Å². The van der Waals surface area contributed by atoms with Crippen molar-refractivity contribution >= 4 is 41.5 Å². The number of nitrogens with two attached hydrogens (primary N) is 2. The molecule has 0 unspecified atom stereocenters. The predicted octanol–water partition coefficient (Wildman–Crippen LogP) is 0.624. The summed E-state index contributed by atoms with van der Waals surface area (Å²) in [4.78, 5) is 90.3. The molecule has 1 aliphatic carbocycles. The van der Waals surface area contributed by atoms with Crippen molar-refractivity contribution in [2.45, 2.75) is 62.8 Å². The van der Waals surface area contributed by atoms with Gasteiger partial charge in [0.05, 0.1) is 6.54 Å². The number of nitrogens with one attached hydrogen (secondary N) is 6. The molecule has 0 radical (unpaired) electrons. The largest absolute Gasteiger partial charge is 0.508 e. The van der Waals surface area contributed by atoms with Crippen molar-refractivity contribution in [3.8, 4) is 16.9 Å². The van der Waals surface area contributed by atoms with E-state index in [-0.39, 0.29) is 37.7 Å². The lowest BCUT2D eigenvalue weighted by Crippen LogP contribution is -2.58. The van der Waals surface area contributed by atoms with E-state index in [1.54, 1.807) is 42.5 Å². The maximum Gasteiger partial charge on any atom is 0.407 e. The molecule has 5 atom stereocenters. The second-order valence-electron chi connectivity index (χ2n) is 14.6. The van der Waals surface area contributed by atoms with Crippen molar-refractivity contribution in [2.24, 2.45) is 11.5 Å². The standard InChI is InChI=1S/C44H50N8O9/c1-25(40(56)47-23-38(54)50-37(22-45)43(59)51-35(39(46)55)20-27-10-4-3-5-11-27)48-41(57)26(2)49-42(58)36(21-28-16-18-29(53)19-17-28)52-44(60)61-24-34-32-14-8-6-12-30(32)31-13-7-9-15-33(31)34/h3-19,25-26,34-37,53H,20-24,45H2,1-2H3,(H2,46,55)(H,47,56)(H,48,57)(H,49,58)(H,50,54)(H,51,59)(H,52,60)/t25-,26-,35-,36-,37-/m0/s1. The fraction of sp³-hybridized carbons (Fsp3) is 0.295. The van der Waals surface area contributed by atoms with E-state index in [9.17, 15) is 38.7 Å². The first-order valence-corrected chi connectivity index (χ1v) is 19.6. The Morgan fingerprint density at radius 1 is 0.607 bits per heavy atom. The van der Waals surface area contributed by atoms with Crippen LogP contribution in [0.25, 0.3) is 11.1 Å². The monoisotopic (exact) mass is 834 g/mol. The third-order valence-corrected chi connectivity index (χ3v) is 10.1. The Morgan fingerprint density at radius 2 is 1.13 bits per heavy atom. The molecule has 0 aromatic heterocycles. The molecular formula is C44H50N8O9. The first-order chi connectivity index (χ1) is 29.2. The van der Waals surface area contributed by atoms with Crippen molar-refractivity contribution in [1.82, 2.24) is 31.9 Å². The number of ether oxygens (including phenoxy) is 1. The lowest BCUT2D eigenvalue weighted by Gasteiger charge is -2.23. The van der Waals surface area contributed by atoms with Gasteiger partial charge in [0.25, 0.3) is 0 Å². The number of primary amides is 1. The second-order valence-corrected chi connectivity index (χ2v) is 14.6. The maximum atomic E-state index is 13.6. The first-order valence-electron chi connectivity index (χ1n) is 19.6. The number of alkyl carbamates (subject to hydrolysis) is 1. The van der Waals surface area contributed by atoms with E-state index in [1.807, 2.05) is 48.5 Å². The average molecular weight is 835 g/mol. The van der Waals surface area contributed by atoms with E-state index >= 15 is 0 Å². The number of hydrogen-bond acceptors (Lipinski definition) is 10. The highest BCUT2D eigenvalue weighted by molar-refractivity contribution is 5.96. The molecule has 17 heteroatoms. The number of hydrogen-bond donors (Lipinski definition) is 9. The zero-order chi connectivity index (χ0) is 44.1. The average Bonchev–Trinajstić information content (AvgIpc) is 3.57. The van der Waals surface area contributed by atoms with Gasteiger partial charge in [0.15, 0.2) is 0 Å². The van der Waals surface area contributed by atoms with Crippen LogP contribution in [0.2, 0.25) is 0 Å². The molecule has 4 aromatic rings. The van der Waals surface area contributed by atoms with Gasteiger partial charge in [-0.3, -0.25) is 28.8 Å². The van der Waals surface area contributed by atoms with E-state index in [0.717, 1.165) is 27.8 Å². The zero-order valence-corrected chi connectivity index (χ0v) is 33.7. The number of carbonyl (C=O) groups is 7. The van der Waals surface area contributed by atoms with E-state index < -0.39 is 78.3 Å². The molecule has 0 bridgehead atoms. The quantitative estimate of drug-likeness (QED) is 0.0636. The number of phenolic OH excluding ortho intramolecular Hbond substituents is 1. The van der Waals surface area contributed by atoms with Crippen LogP contribution in [0.1, 0.15) is 42.0 Å². The van der Waals surface area contributed by atoms with Crippen LogP contribution in [0.3, 0.4) is 0 Å². The summed E-state index contributed by atoms with van der Waals surface area (Å²) in [5.74, 6) is -4.75. The Labute approximate surface area is 352 Å². The Balaban J connectivity index is 1.11. The van der Waals surface area contributed by atoms with Crippen LogP contribution in [0.15, 0.2) is 103 Å². The van der Waals surface area contributed by atoms with E-state index in [0.29, 0.717) is 5.56 Å². The minimum absolute atomic E-state index is 0.00330. The normalized spacial score (nSPS) is 14.0. The molecule has 320 valence electrons. The Bertz CT molecular complexity index is 2170. The van der Waals surface area contributed by atoms with Crippen LogP contribution in [0, 0.1) is 0 Å². The van der Waals surface area contributed by atoms with Crippen LogP contribution in [0.4, 0.5) is 4.79 Å². The molecule has 0 saturated carbocycles. The number of aromatic hydroxyl groups is 1. The molecule has 0 saturated heterocycles. The highest BCUT2D eigenvalue weighted by atomic mass is 16.5. The van der Waals surface area contributed by atoms with Gasteiger partial charge in [-0.1, -0.05) is 91.0 Å². The molecule has 61 heavy (non-hydrogen) atoms. The number of phenols is 1. The fourth-order valence-electron chi connectivity index (χ4n) is 6.79. The highest BCUT2D eigenvalue weighted by Crippen LogP contribution is 2.44. The lowest BCUT2D eigenvalue weighted by molar-refractivity contribution is -0.133. The molecule has 7 amide bonds. The van der Waals surface area contributed by atoms with Gasteiger partial charge >= 0.3 is 6.09 Å². The van der Waals surface area contributed by atoms with Gasteiger partial charge in [-0.2, -0.15) is 0 Å². The summed E-state index contributed by atoms with van der Waals surface area (Å²) in [5.41, 5.74) is 16.7. The van der Waals surface area contributed by atoms with E-state index in [1.165, 1.54) is 26.0 Å². The molecule has 4 aromatic carbocycles. The SMILES string of the molecule is C[C@H](NC(=O)[C@H](C)NC(=O)[C@H](Cc1ccc(O)cc1)NC(=O)OCC1c2ccccc2-c2ccccc21)C(=O)NCC(=O)N[C@@H](CN)C(=O)N[C@@H](Cc1ccccc1)C(N)=O. The Kier molecular flexibility index (Phi) is 15.5. The summed E-state index contributed by atoms with van der Waals surface area (Å²) < 4.78 is 5.67. The van der Waals surface area contributed by atoms with Gasteiger partial charge in [0, 0.05) is 25.3 Å². The van der Waals surface area contributed by atoms with Gasteiger partial charge in [0.1, 0.15) is 42.6 Å². The molecule has 0 fully saturated rings. The lowest BCUT2D eigenvalue weighted by atomic mass is 9.98. The second kappa shape index (κ2) is 21.1. The molecule has 5 rings (SSSR count). The van der Waals surface area contributed by atoms with E-state index in [4.69, 9.17) is 16.2 Å². The number of rotatable bonds is 19. The Hall–Kier alpha value is -7.27. The highest BCUT2D eigenvalue weighted by Gasteiger charge is 2.31. The summed E-state index contributed by atoms with van der Waals surface area (Å²) in [7, 11) is 0. The minimum atomic E-state index is -1.25. The smallest absolute Gasteiger partial charge is 0.407 e. The van der Waals surface area contributed by atoms with Crippen LogP contribution < -0.4 is 43.4 Å². The predicted molar refractivity (Wildman–Crippen MR) is 224 cm³/mol. The maximum absolute atomic E-state index is 13.6. The minimum Gasteiger partial charge on any atom is -0.508 e. The van der Waals surface area contributed by atoms with Crippen molar-refractivity contribution in [1.29, 1.82) is 0 Å². The molecule has 1 aliphatic rings. The molecular weight excluding hydrogens is 785 g/mol. The zero-order valence-electron chi connectivity index (χ0n) is 33.7. The molecule has 0 spiro atoms. The van der Waals surface area contributed by atoms with Gasteiger partial charge in [-0.15, -0.1) is 0 Å². The van der Waals surface area contributed by atoms with Crippen molar-refractivity contribution in [3.05, 3.63) is 125 Å². The Morgan fingerprint density at radius 3 is 1.74 bits per heavy atom. The van der Waals surface area contributed by atoms with Crippen molar-refractivity contribution < 1.29 is 43.4 Å². The van der Waals surface area contributed by atoms with Gasteiger partial charge in [-0.05, 0) is 59.4 Å². The molecule has 0 aliphatic heterocycles. The third-order valence-electron chi connectivity index (χ3n) is 10.1. The molecule has 11 N–H and O–H groups in total. The summed E-state index contributed by atoms with van der Waals surface area (Å²) in [6, 6.07) is 24.7. The number of amides is 7. The van der Waals surface area contributed by atoms with Crippen LogP contribution in [0.5, 0.6) is 5.75 Å². The van der Waals surface area contributed by atoms with Crippen molar-refractivity contribution in [2.75, 3.05) is 19.7 Å². The molecule has 0 heterocycles. The van der Waals surface area contributed by atoms with E-state index in [2.05, 4.69) is 31.9 Å². The van der Waals surface area contributed by atoms with Crippen LogP contribution >= 0.6 is 0 Å². The van der Waals surface area contributed by atoms with Gasteiger partial charge in [0.2, 0.25) is 35.4 Å².